The second-order valence-corrected chi connectivity index (χ2v) is 6.56. The summed E-state index contributed by atoms with van der Waals surface area (Å²) >= 11 is 1.29. The Morgan fingerprint density at radius 1 is 1.10 bits per heavy atom. The van der Waals surface area contributed by atoms with Gasteiger partial charge in [-0.2, -0.15) is 0 Å². The molecule has 1 heterocycles. The van der Waals surface area contributed by atoms with Crippen LogP contribution in [0.15, 0.2) is 53.8 Å². The van der Waals surface area contributed by atoms with E-state index in [0.717, 1.165) is 12.1 Å². The lowest BCUT2D eigenvalue weighted by Crippen LogP contribution is -2.17. The summed E-state index contributed by atoms with van der Waals surface area (Å²) in [5.41, 5.74) is 0.551. The number of halogens is 2. The van der Waals surface area contributed by atoms with Crippen LogP contribution in [0.5, 0.6) is 5.75 Å². The van der Waals surface area contributed by atoms with Crippen LogP contribution in [0.2, 0.25) is 0 Å². The van der Waals surface area contributed by atoms with Crippen LogP contribution in [0.3, 0.4) is 0 Å². The lowest BCUT2D eigenvalue weighted by molar-refractivity contribution is 0.0465. The molecule has 0 aliphatic heterocycles. The van der Waals surface area contributed by atoms with Gasteiger partial charge in [0, 0.05) is 5.69 Å². The lowest BCUT2D eigenvalue weighted by atomic mass is 10.1. The zero-order valence-corrected chi connectivity index (χ0v) is 16.3. The van der Waals surface area contributed by atoms with Crippen LogP contribution >= 0.6 is 11.8 Å². The number of ketones is 1. The van der Waals surface area contributed by atoms with Crippen molar-refractivity contribution in [1.82, 2.24) is 9.55 Å². The number of Topliss-reactive ketones (excluding diaryl/α,β-unsaturated/α-hetero) is 1. The first-order chi connectivity index (χ1) is 13.9. The first kappa shape index (κ1) is 20.5. The molecule has 150 valence electrons. The maximum absolute atomic E-state index is 13.5. The summed E-state index contributed by atoms with van der Waals surface area (Å²) < 4.78 is 38.4. The fraction of sp³-hybridized carbons (Fsp3) is 0.150. The summed E-state index contributed by atoms with van der Waals surface area (Å²) in [6.07, 6.45) is 3.09. The van der Waals surface area contributed by atoms with Gasteiger partial charge < -0.3 is 9.47 Å². The normalized spacial score (nSPS) is 10.6. The zero-order chi connectivity index (χ0) is 21.0. The fourth-order valence-electron chi connectivity index (χ4n) is 2.64. The molecule has 0 aliphatic carbocycles. The van der Waals surface area contributed by atoms with Gasteiger partial charge >= 0.3 is 5.97 Å². The number of hydrogen-bond acceptors (Lipinski definition) is 6. The van der Waals surface area contributed by atoms with Gasteiger partial charge in [0.05, 0.1) is 18.9 Å². The minimum Gasteiger partial charge on any atom is -0.496 e. The molecule has 3 aromatic rings. The molecule has 0 bridgehead atoms. The number of nitrogens with zero attached hydrogens (tertiary/aromatic N) is 2. The number of esters is 1. The highest BCUT2D eigenvalue weighted by Crippen LogP contribution is 2.23. The molecule has 0 saturated heterocycles. The Kier molecular flexibility index (Phi) is 6.28. The minimum atomic E-state index is -0.800. The first-order valence-electron chi connectivity index (χ1n) is 8.36. The highest BCUT2D eigenvalue weighted by molar-refractivity contribution is 7.98. The van der Waals surface area contributed by atoms with Gasteiger partial charge in [0.15, 0.2) is 17.5 Å². The summed E-state index contributed by atoms with van der Waals surface area (Å²) in [6.45, 7) is -0.609. The van der Waals surface area contributed by atoms with Crippen molar-refractivity contribution in [3.05, 3.63) is 71.6 Å². The Morgan fingerprint density at radius 3 is 2.45 bits per heavy atom. The minimum absolute atomic E-state index is 0.0304. The molecule has 0 atom stereocenters. The van der Waals surface area contributed by atoms with E-state index in [-0.39, 0.29) is 17.0 Å². The second-order valence-electron chi connectivity index (χ2n) is 5.79. The first-order valence-corrected chi connectivity index (χ1v) is 9.58. The number of rotatable bonds is 7. The number of carbonyl (C=O) groups excluding carboxylic acids is 2. The third-order valence-electron chi connectivity index (χ3n) is 4.00. The number of imidazole rings is 1. The molecular formula is C20H16F2N2O4S. The molecule has 0 unspecified atom stereocenters. The predicted molar refractivity (Wildman–Crippen MR) is 103 cm³/mol. The van der Waals surface area contributed by atoms with Gasteiger partial charge in [-0.3, -0.25) is 9.36 Å². The second kappa shape index (κ2) is 8.87. The van der Waals surface area contributed by atoms with Crippen molar-refractivity contribution in [2.45, 2.75) is 5.16 Å². The van der Waals surface area contributed by atoms with Crippen molar-refractivity contribution < 1.29 is 27.8 Å². The third-order valence-corrected chi connectivity index (χ3v) is 4.66. The molecule has 6 nitrogen and oxygen atoms in total. The summed E-state index contributed by atoms with van der Waals surface area (Å²) in [5.74, 6) is -2.27. The largest absolute Gasteiger partial charge is 0.496 e. The molecule has 0 N–H and O–H groups in total. The number of methoxy groups -OCH3 is 1. The van der Waals surface area contributed by atoms with E-state index in [4.69, 9.17) is 9.47 Å². The zero-order valence-electron chi connectivity index (χ0n) is 15.5. The highest BCUT2D eigenvalue weighted by Gasteiger charge is 2.21. The molecule has 0 radical (unpaired) electrons. The summed E-state index contributed by atoms with van der Waals surface area (Å²) in [4.78, 5) is 29.1. The van der Waals surface area contributed by atoms with E-state index in [1.807, 2.05) is 0 Å². The Balaban J connectivity index is 1.82. The number of benzene rings is 2. The van der Waals surface area contributed by atoms with Gasteiger partial charge in [0.2, 0.25) is 5.78 Å². The van der Waals surface area contributed by atoms with Gasteiger partial charge in [-0.05, 0) is 48.7 Å². The van der Waals surface area contributed by atoms with Crippen molar-refractivity contribution in [3.8, 4) is 11.4 Å². The Morgan fingerprint density at radius 2 is 1.79 bits per heavy atom. The van der Waals surface area contributed by atoms with Crippen molar-refractivity contribution in [1.29, 1.82) is 0 Å². The van der Waals surface area contributed by atoms with Gasteiger partial charge in [-0.15, -0.1) is 0 Å². The third kappa shape index (κ3) is 4.45. The van der Waals surface area contributed by atoms with Crippen LogP contribution in [0.1, 0.15) is 20.8 Å². The maximum atomic E-state index is 13.5. The van der Waals surface area contributed by atoms with Crippen LogP contribution in [0.4, 0.5) is 8.78 Å². The molecule has 1 aromatic heterocycles. The SMILES string of the molecule is COc1ccc(F)cc1C(=O)COC(=O)c1cnc(SC)n1-c1ccc(F)cc1. The lowest BCUT2D eigenvalue weighted by Gasteiger charge is -2.11. The number of aromatic nitrogens is 2. The average Bonchev–Trinajstić information content (AvgIpc) is 3.16. The van der Waals surface area contributed by atoms with E-state index in [9.17, 15) is 18.4 Å². The predicted octanol–water partition coefficient (Wildman–Crippen LogP) is 3.92. The molecule has 0 saturated carbocycles. The van der Waals surface area contributed by atoms with Crippen LogP contribution in [0, 0.1) is 11.6 Å². The monoisotopic (exact) mass is 418 g/mol. The molecule has 2 aromatic carbocycles. The van der Waals surface area contributed by atoms with Crippen LogP contribution < -0.4 is 4.74 Å². The molecule has 9 heteroatoms. The van der Waals surface area contributed by atoms with E-state index in [2.05, 4.69) is 4.98 Å². The van der Waals surface area contributed by atoms with Crippen molar-refractivity contribution in [3.63, 3.8) is 0 Å². The molecular weight excluding hydrogens is 402 g/mol. The summed E-state index contributed by atoms with van der Waals surface area (Å²) in [5, 5.41) is 0.488. The number of ether oxygens (including phenoxy) is 2. The average molecular weight is 418 g/mol. The quantitative estimate of drug-likeness (QED) is 0.329. The molecule has 0 spiro atoms. The van der Waals surface area contributed by atoms with Gasteiger partial charge in [-0.25, -0.2) is 18.6 Å². The van der Waals surface area contributed by atoms with Gasteiger partial charge in [0.1, 0.15) is 17.4 Å². The van der Waals surface area contributed by atoms with Crippen molar-refractivity contribution in [2.75, 3.05) is 20.0 Å². The molecule has 0 amide bonds. The molecule has 0 aliphatic rings. The van der Waals surface area contributed by atoms with E-state index in [1.165, 1.54) is 60.0 Å². The van der Waals surface area contributed by atoms with E-state index in [0.29, 0.717) is 10.8 Å². The molecule has 0 fully saturated rings. The van der Waals surface area contributed by atoms with Crippen LogP contribution in [-0.2, 0) is 4.74 Å². The molecule has 3 rings (SSSR count). The molecule has 29 heavy (non-hydrogen) atoms. The fourth-order valence-corrected chi connectivity index (χ4v) is 3.19. The van der Waals surface area contributed by atoms with E-state index in [1.54, 1.807) is 6.26 Å². The van der Waals surface area contributed by atoms with Crippen LogP contribution in [-0.4, -0.2) is 41.3 Å². The van der Waals surface area contributed by atoms with Crippen molar-refractivity contribution in [2.24, 2.45) is 0 Å². The summed E-state index contributed by atoms with van der Waals surface area (Å²) in [6, 6.07) is 9.00. The van der Waals surface area contributed by atoms with Gasteiger partial charge in [0.25, 0.3) is 0 Å². The van der Waals surface area contributed by atoms with E-state index < -0.39 is 30.0 Å². The topological polar surface area (TPSA) is 70.4 Å². The number of hydrogen-bond donors (Lipinski definition) is 0. The number of thioether (sulfide) groups is 1. The maximum Gasteiger partial charge on any atom is 0.357 e. The van der Waals surface area contributed by atoms with Gasteiger partial charge in [-0.1, -0.05) is 11.8 Å². The van der Waals surface area contributed by atoms with E-state index >= 15 is 0 Å². The smallest absolute Gasteiger partial charge is 0.357 e. The number of carbonyl (C=O) groups is 2. The van der Waals surface area contributed by atoms with Crippen LogP contribution in [0.25, 0.3) is 5.69 Å². The standard InChI is InChI=1S/C20H16F2N2O4S/c1-27-18-8-5-13(22)9-15(18)17(25)11-28-19(26)16-10-23-20(29-2)24(16)14-6-3-12(21)4-7-14/h3-10H,11H2,1-2H3. The summed E-state index contributed by atoms with van der Waals surface area (Å²) in [7, 11) is 1.35. The van der Waals surface area contributed by atoms with Crippen molar-refractivity contribution >= 4 is 23.5 Å². The highest BCUT2D eigenvalue weighted by atomic mass is 32.2. The Labute approximate surface area is 169 Å². The Bertz CT molecular complexity index is 1050. The Hall–Kier alpha value is -3.20.